The zero-order valence-electron chi connectivity index (χ0n) is 17.4. The third kappa shape index (κ3) is 4.30. The lowest BCUT2D eigenvalue weighted by atomic mass is 10.1. The largest absolute Gasteiger partial charge is 0.457 e. The fraction of sp³-hybridized carbons (Fsp3) is 0.304. The maximum Gasteiger partial charge on any atom is 0.340 e. The minimum atomic E-state index is -1.24. The molecule has 0 amide bonds. The van der Waals surface area contributed by atoms with Gasteiger partial charge in [-0.3, -0.25) is 4.79 Å². The third-order valence-corrected chi connectivity index (χ3v) is 4.67. The van der Waals surface area contributed by atoms with Crippen LogP contribution in [-0.4, -0.2) is 31.3 Å². The number of aliphatic hydroxyl groups is 2. The molecule has 7 nitrogen and oxygen atoms in total. The molecule has 30 heavy (non-hydrogen) atoms. The molecule has 156 valence electrons. The maximum atomic E-state index is 13.0. The summed E-state index contributed by atoms with van der Waals surface area (Å²) in [6, 6.07) is 7.13. The van der Waals surface area contributed by atoms with Gasteiger partial charge < -0.3 is 24.5 Å². The van der Waals surface area contributed by atoms with E-state index in [1.165, 1.54) is 10.8 Å². The molecule has 7 heteroatoms. The summed E-state index contributed by atoms with van der Waals surface area (Å²) in [5, 5.41) is 19.8. The standard InChI is InChI=1S/C23H24N2O5/c1-14-18(22(28)30-13-17-8-6-5-7-16(17)12-26)19-15(9-10-23(2,3)29)11-25(4)21(27)20(19)24-14/h5-8,11,24,26,29H,12-13H2,1-4H3. The molecule has 0 aliphatic carbocycles. The van der Waals surface area contributed by atoms with E-state index in [1.54, 1.807) is 52.1 Å². The summed E-state index contributed by atoms with van der Waals surface area (Å²) in [6.07, 6.45) is 1.54. The van der Waals surface area contributed by atoms with Crippen molar-refractivity contribution < 1.29 is 19.7 Å². The quantitative estimate of drug-likeness (QED) is 0.453. The summed E-state index contributed by atoms with van der Waals surface area (Å²) in [7, 11) is 1.59. The van der Waals surface area contributed by atoms with Crippen molar-refractivity contribution in [2.24, 2.45) is 7.05 Å². The number of benzene rings is 1. The Morgan fingerprint density at radius 2 is 1.93 bits per heavy atom. The molecule has 0 aliphatic heterocycles. The van der Waals surface area contributed by atoms with Crippen molar-refractivity contribution in [1.29, 1.82) is 0 Å². The molecule has 0 saturated heterocycles. The average molecular weight is 408 g/mol. The van der Waals surface area contributed by atoms with Crippen molar-refractivity contribution in [2.45, 2.75) is 39.6 Å². The van der Waals surface area contributed by atoms with Crippen molar-refractivity contribution in [2.75, 3.05) is 0 Å². The van der Waals surface area contributed by atoms with Crippen LogP contribution in [0.25, 0.3) is 10.9 Å². The Morgan fingerprint density at radius 3 is 2.57 bits per heavy atom. The molecule has 0 spiro atoms. The predicted octanol–water partition coefficient (Wildman–Crippen LogP) is 2.15. The minimum Gasteiger partial charge on any atom is -0.457 e. The molecule has 0 aliphatic rings. The van der Waals surface area contributed by atoms with Gasteiger partial charge in [0.1, 0.15) is 17.7 Å². The van der Waals surface area contributed by atoms with Crippen LogP contribution in [0.15, 0.2) is 35.3 Å². The number of rotatable bonds is 4. The molecule has 1 aromatic carbocycles. The lowest BCUT2D eigenvalue weighted by molar-refractivity contribution is 0.0471. The van der Waals surface area contributed by atoms with Crippen molar-refractivity contribution in [3.05, 3.63) is 68.8 Å². The van der Waals surface area contributed by atoms with Gasteiger partial charge in [-0.1, -0.05) is 36.1 Å². The van der Waals surface area contributed by atoms with E-state index in [1.807, 2.05) is 0 Å². The van der Waals surface area contributed by atoms with Crippen molar-refractivity contribution in [3.63, 3.8) is 0 Å². The van der Waals surface area contributed by atoms with Gasteiger partial charge in [-0.05, 0) is 31.9 Å². The van der Waals surface area contributed by atoms with E-state index in [-0.39, 0.29) is 29.9 Å². The van der Waals surface area contributed by atoms with Crippen molar-refractivity contribution in [3.8, 4) is 11.8 Å². The number of nitrogens with zero attached hydrogens (tertiary/aromatic N) is 1. The van der Waals surface area contributed by atoms with E-state index < -0.39 is 11.6 Å². The molecular formula is C23H24N2O5. The molecular weight excluding hydrogens is 384 g/mol. The highest BCUT2D eigenvalue weighted by molar-refractivity contribution is 6.07. The first kappa shape index (κ1) is 21.4. The third-order valence-electron chi connectivity index (χ3n) is 4.67. The molecule has 0 unspecified atom stereocenters. The molecule has 2 aromatic heterocycles. The fourth-order valence-corrected chi connectivity index (χ4v) is 3.19. The van der Waals surface area contributed by atoms with Crippen molar-refractivity contribution >= 4 is 16.9 Å². The SMILES string of the molecule is Cc1[nH]c2c(=O)n(C)cc(C#CC(C)(C)O)c2c1C(=O)OCc1ccccc1CO. The number of pyridine rings is 1. The number of aryl methyl sites for hydroxylation is 2. The highest BCUT2D eigenvalue weighted by Gasteiger charge is 2.23. The second kappa shape index (κ2) is 8.19. The second-order valence-corrected chi connectivity index (χ2v) is 7.65. The van der Waals surface area contributed by atoms with Gasteiger partial charge in [0, 0.05) is 24.3 Å². The van der Waals surface area contributed by atoms with Gasteiger partial charge in [0.05, 0.1) is 17.7 Å². The van der Waals surface area contributed by atoms with Crippen LogP contribution in [0.5, 0.6) is 0 Å². The number of carbonyl (C=O) groups is 1. The summed E-state index contributed by atoms with van der Waals surface area (Å²) in [6.45, 7) is 4.61. The van der Waals surface area contributed by atoms with E-state index in [0.29, 0.717) is 27.8 Å². The number of aromatic amines is 1. The van der Waals surface area contributed by atoms with Crippen LogP contribution in [0.3, 0.4) is 0 Å². The summed E-state index contributed by atoms with van der Waals surface area (Å²) in [5.74, 6) is 4.99. The van der Waals surface area contributed by atoms with E-state index >= 15 is 0 Å². The normalized spacial score (nSPS) is 11.3. The van der Waals surface area contributed by atoms with Crippen LogP contribution in [0.4, 0.5) is 0 Å². The summed E-state index contributed by atoms with van der Waals surface area (Å²) in [5.41, 5.74) is 1.23. The number of hydrogen-bond acceptors (Lipinski definition) is 5. The van der Waals surface area contributed by atoms with Crippen LogP contribution in [0.2, 0.25) is 0 Å². The number of fused-ring (bicyclic) bond motifs is 1. The van der Waals surface area contributed by atoms with Crippen LogP contribution in [0.1, 0.15) is 46.6 Å². The first-order chi connectivity index (χ1) is 14.1. The van der Waals surface area contributed by atoms with Crippen molar-refractivity contribution in [1.82, 2.24) is 9.55 Å². The van der Waals surface area contributed by atoms with Gasteiger partial charge >= 0.3 is 5.97 Å². The number of H-pyrrole nitrogens is 1. The lowest BCUT2D eigenvalue weighted by Gasteiger charge is -2.10. The lowest BCUT2D eigenvalue weighted by Crippen LogP contribution is -2.18. The molecule has 3 rings (SSSR count). The smallest absolute Gasteiger partial charge is 0.340 e. The highest BCUT2D eigenvalue weighted by Crippen LogP contribution is 2.25. The Morgan fingerprint density at radius 1 is 1.27 bits per heavy atom. The number of aliphatic hydroxyl groups excluding tert-OH is 1. The summed E-state index contributed by atoms with van der Waals surface area (Å²) >= 11 is 0. The molecule has 0 fully saturated rings. The minimum absolute atomic E-state index is 0.0167. The number of hydrogen-bond donors (Lipinski definition) is 3. The Labute approximate surface area is 173 Å². The first-order valence-electron chi connectivity index (χ1n) is 9.44. The van der Waals surface area contributed by atoms with E-state index in [4.69, 9.17) is 4.74 Å². The van der Waals surface area contributed by atoms with Gasteiger partial charge in [-0.25, -0.2) is 4.79 Å². The van der Waals surface area contributed by atoms with E-state index in [9.17, 15) is 19.8 Å². The predicted molar refractivity (Wildman–Crippen MR) is 113 cm³/mol. The van der Waals surface area contributed by atoms with Crippen LogP contribution < -0.4 is 5.56 Å². The summed E-state index contributed by atoms with van der Waals surface area (Å²) < 4.78 is 6.87. The molecule has 0 radical (unpaired) electrons. The topological polar surface area (TPSA) is 105 Å². The van der Waals surface area contributed by atoms with Gasteiger partial charge in [-0.2, -0.15) is 0 Å². The molecule has 0 saturated carbocycles. The zero-order chi connectivity index (χ0) is 22.1. The monoisotopic (exact) mass is 408 g/mol. The van der Waals surface area contributed by atoms with Crippen LogP contribution in [-0.2, 0) is 25.0 Å². The van der Waals surface area contributed by atoms with Gasteiger partial charge in [0.15, 0.2) is 0 Å². The number of ether oxygens (including phenoxy) is 1. The highest BCUT2D eigenvalue weighted by atomic mass is 16.5. The van der Waals surface area contributed by atoms with E-state index in [0.717, 1.165) is 0 Å². The van der Waals surface area contributed by atoms with Crippen LogP contribution in [0, 0.1) is 18.8 Å². The first-order valence-corrected chi connectivity index (χ1v) is 9.44. The number of carbonyl (C=O) groups excluding carboxylic acids is 1. The average Bonchev–Trinajstić information content (AvgIpc) is 3.05. The Bertz CT molecular complexity index is 1230. The molecule has 2 heterocycles. The Hall–Kier alpha value is -3.34. The van der Waals surface area contributed by atoms with Gasteiger partial charge in [-0.15, -0.1) is 0 Å². The Kier molecular flexibility index (Phi) is 5.83. The van der Waals surface area contributed by atoms with Crippen LogP contribution >= 0.6 is 0 Å². The maximum absolute atomic E-state index is 13.0. The Balaban J connectivity index is 2.07. The number of nitrogens with one attached hydrogen (secondary N) is 1. The van der Waals surface area contributed by atoms with E-state index in [2.05, 4.69) is 16.8 Å². The van der Waals surface area contributed by atoms with Gasteiger partial charge in [0.25, 0.3) is 5.56 Å². The number of aromatic nitrogens is 2. The zero-order valence-corrected chi connectivity index (χ0v) is 17.4. The molecule has 0 bridgehead atoms. The molecule has 0 atom stereocenters. The summed E-state index contributed by atoms with van der Waals surface area (Å²) in [4.78, 5) is 28.5. The fourth-order valence-electron chi connectivity index (χ4n) is 3.19. The van der Waals surface area contributed by atoms with Gasteiger partial charge in [0.2, 0.25) is 0 Å². The number of esters is 1. The molecule has 3 aromatic rings. The second-order valence-electron chi connectivity index (χ2n) is 7.65. The molecule has 3 N–H and O–H groups in total.